The highest BCUT2D eigenvalue weighted by atomic mass is 35.5. The lowest BCUT2D eigenvalue weighted by atomic mass is 10.1. The van der Waals surface area contributed by atoms with E-state index in [1.807, 2.05) is 6.07 Å². The number of anilines is 1. The van der Waals surface area contributed by atoms with Gasteiger partial charge in [-0.25, -0.2) is 18.2 Å². The fourth-order valence-electron chi connectivity index (χ4n) is 3.77. The molecule has 0 saturated heterocycles. The van der Waals surface area contributed by atoms with Crippen molar-refractivity contribution in [3.8, 4) is 17.5 Å². The molecule has 9 heteroatoms. The number of hydrogen-bond acceptors (Lipinski definition) is 6. The fourth-order valence-corrected chi connectivity index (χ4v) is 5.52. The fraction of sp³-hybridized carbons (Fsp3) is 0.0870. The molecule has 3 aromatic carbocycles. The Hall–Kier alpha value is -3.67. The van der Waals surface area contributed by atoms with Crippen LogP contribution in [0.25, 0.3) is 22.4 Å². The summed E-state index contributed by atoms with van der Waals surface area (Å²) in [5.41, 5.74) is 1.85. The Bertz CT molecular complexity index is 1610. The van der Waals surface area contributed by atoms with Crippen LogP contribution < -0.4 is 9.93 Å². The maximum absolute atomic E-state index is 13.4. The van der Waals surface area contributed by atoms with E-state index >= 15 is 0 Å². The molecule has 0 unspecified atom stereocenters. The lowest BCUT2D eigenvalue weighted by molar-refractivity contribution is 0.518. The van der Waals surface area contributed by atoms with Crippen LogP contribution in [0.1, 0.15) is 11.1 Å². The lowest BCUT2D eigenvalue weighted by Crippen LogP contribution is -2.29. The van der Waals surface area contributed by atoms with Gasteiger partial charge in [-0.05, 0) is 66.6 Å². The molecule has 0 amide bonds. The van der Waals surface area contributed by atoms with Crippen molar-refractivity contribution >= 4 is 38.2 Å². The summed E-state index contributed by atoms with van der Waals surface area (Å²) in [6.07, 6.45) is 0.570. The summed E-state index contributed by atoms with van der Waals surface area (Å²) >= 11 is 6.04. The molecular formula is C23H14ClN3O4S. The molecule has 32 heavy (non-hydrogen) atoms. The van der Waals surface area contributed by atoms with Crippen LogP contribution in [0, 0.1) is 11.3 Å². The van der Waals surface area contributed by atoms with Gasteiger partial charge in [0.25, 0.3) is 10.0 Å². The molecule has 0 saturated carbocycles. The van der Waals surface area contributed by atoms with Crippen molar-refractivity contribution in [2.75, 3.05) is 10.8 Å². The van der Waals surface area contributed by atoms with E-state index in [1.54, 1.807) is 42.5 Å². The van der Waals surface area contributed by atoms with E-state index in [0.29, 0.717) is 40.3 Å². The van der Waals surface area contributed by atoms with Gasteiger partial charge >= 0.3 is 5.63 Å². The second-order valence-corrected chi connectivity index (χ2v) is 9.58. The Morgan fingerprint density at radius 2 is 1.94 bits per heavy atom. The SMILES string of the molecule is N#Cc1ccc2nc(-c3cccc(S(=O)(=O)N4CCc5cc(Cl)ccc54)c3)oc(=O)c2c1. The third kappa shape index (κ3) is 3.32. The van der Waals surface area contributed by atoms with E-state index in [0.717, 1.165) is 5.56 Å². The Labute approximate surface area is 188 Å². The van der Waals surface area contributed by atoms with E-state index in [9.17, 15) is 13.2 Å². The molecule has 0 bridgehead atoms. The third-order valence-electron chi connectivity index (χ3n) is 5.32. The van der Waals surface area contributed by atoms with E-state index in [-0.39, 0.29) is 16.2 Å². The van der Waals surface area contributed by atoms with Crippen molar-refractivity contribution in [2.45, 2.75) is 11.3 Å². The number of aromatic nitrogens is 1. The number of benzene rings is 3. The van der Waals surface area contributed by atoms with Crippen LogP contribution in [-0.4, -0.2) is 19.9 Å². The van der Waals surface area contributed by atoms with Gasteiger partial charge in [0.15, 0.2) is 0 Å². The van der Waals surface area contributed by atoms with Crippen LogP contribution in [0.3, 0.4) is 0 Å². The second-order valence-electron chi connectivity index (χ2n) is 7.28. The number of nitriles is 1. The van der Waals surface area contributed by atoms with Crippen LogP contribution >= 0.6 is 11.6 Å². The molecule has 158 valence electrons. The predicted molar refractivity (Wildman–Crippen MR) is 120 cm³/mol. The molecule has 1 aliphatic rings. The van der Waals surface area contributed by atoms with Crippen LogP contribution in [0.4, 0.5) is 5.69 Å². The minimum Gasteiger partial charge on any atom is -0.403 e. The summed E-state index contributed by atoms with van der Waals surface area (Å²) in [7, 11) is -3.85. The first kappa shape index (κ1) is 20.2. The molecule has 0 radical (unpaired) electrons. The molecule has 1 aliphatic heterocycles. The number of rotatable bonds is 3. The molecular weight excluding hydrogens is 450 g/mol. The summed E-state index contributed by atoms with van der Waals surface area (Å²) in [5.74, 6) is -0.00198. The van der Waals surface area contributed by atoms with E-state index < -0.39 is 15.6 Å². The highest BCUT2D eigenvalue weighted by Crippen LogP contribution is 2.35. The van der Waals surface area contributed by atoms with Gasteiger partial charge in [0, 0.05) is 17.1 Å². The van der Waals surface area contributed by atoms with E-state index in [2.05, 4.69) is 4.98 Å². The van der Waals surface area contributed by atoms with Crippen LogP contribution in [0.5, 0.6) is 0 Å². The molecule has 1 aromatic heterocycles. The minimum atomic E-state index is -3.85. The molecule has 7 nitrogen and oxygen atoms in total. The third-order valence-corrected chi connectivity index (χ3v) is 7.36. The topological polar surface area (TPSA) is 104 Å². The van der Waals surface area contributed by atoms with Crippen LogP contribution in [0.2, 0.25) is 5.02 Å². The summed E-state index contributed by atoms with van der Waals surface area (Å²) in [5, 5.41) is 9.77. The van der Waals surface area contributed by atoms with E-state index in [1.165, 1.54) is 22.5 Å². The lowest BCUT2D eigenvalue weighted by Gasteiger charge is -2.20. The van der Waals surface area contributed by atoms with Gasteiger partial charge in [-0.2, -0.15) is 5.26 Å². The summed E-state index contributed by atoms with van der Waals surface area (Å²) < 4.78 is 33.4. The molecule has 0 N–H and O–H groups in total. The molecule has 2 heterocycles. The standard InChI is InChI=1S/C23H14ClN3O4S/c24-17-5-7-21-15(11-17)8-9-27(21)32(29,30)18-3-1-2-16(12-18)22-26-20-6-4-14(13-25)10-19(20)23(28)31-22/h1-7,10-12H,8-9H2. The van der Waals surface area contributed by atoms with Crippen LogP contribution in [0.15, 0.2) is 74.8 Å². The molecule has 0 aliphatic carbocycles. The average Bonchev–Trinajstić information content (AvgIpc) is 3.22. The first-order valence-electron chi connectivity index (χ1n) is 9.63. The first-order valence-corrected chi connectivity index (χ1v) is 11.5. The highest BCUT2D eigenvalue weighted by molar-refractivity contribution is 7.92. The average molecular weight is 464 g/mol. The summed E-state index contributed by atoms with van der Waals surface area (Å²) in [6, 6.07) is 17.7. The maximum atomic E-state index is 13.4. The van der Waals surface area contributed by atoms with Gasteiger partial charge in [-0.3, -0.25) is 4.31 Å². The van der Waals surface area contributed by atoms with Crippen molar-refractivity contribution in [1.82, 2.24) is 4.98 Å². The van der Waals surface area contributed by atoms with Gasteiger partial charge in [0.2, 0.25) is 5.89 Å². The summed E-state index contributed by atoms with van der Waals surface area (Å²) in [4.78, 5) is 16.8. The maximum Gasteiger partial charge on any atom is 0.347 e. The van der Waals surface area contributed by atoms with Gasteiger partial charge in [-0.15, -0.1) is 0 Å². The smallest absolute Gasteiger partial charge is 0.347 e. The molecule has 0 atom stereocenters. The molecule has 5 rings (SSSR count). The largest absolute Gasteiger partial charge is 0.403 e. The summed E-state index contributed by atoms with van der Waals surface area (Å²) in [6.45, 7) is 0.312. The van der Waals surface area contributed by atoms with E-state index in [4.69, 9.17) is 21.3 Å². The van der Waals surface area contributed by atoms with Gasteiger partial charge in [0.05, 0.1) is 33.1 Å². The second kappa shape index (κ2) is 7.48. The first-order chi connectivity index (χ1) is 15.4. The van der Waals surface area contributed by atoms with Crippen molar-refractivity contribution in [3.05, 3.63) is 87.2 Å². The number of hydrogen-bond donors (Lipinski definition) is 0. The van der Waals surface area contributed by atoms with Crippen molar-refractivity contribution < 1.29 is 12.8 Å². The van der Waals surface area contributed by atoms with Crippen molar-refractivity contribution in [3.63, 3.8) is 0 Å². The minimum absolute atomic E-state index is 0.00198. The van der Waals surface area contributed by atoms with Gasteiger partial charge in [-0.1, -0.05) is 17.7 Å². The normalized spacial score (nSPS) is 13.2. The Morgan fingerprint density at radius 3 is 2.75 bits per heavy atom. The van der Waals surface area contributed by atoms with Gasteiger partial charge < -0.3 is 4.42 Å². The van der Waals surface area contributed by atoms with Crippen molar-refractivity contribution in [1.29, 1.82) is 5.26 Å². The Kier molecular flexibility index (Phi) is 4.73. The van der Waals surface area contributed by atoms with Gasteiger partial charge in [0.1, 0.15) is 0 Å². The molecule has 0 spiro atoms. The number of fused-ring (bicyclic) bond motifs is 2. The molecule has 0 fully saturated rings. The zero-order valence-corrected chi connectivity index (χ0v) is 18.0. The van der Waals surface area contributed by atoms with Crippen LogP contribution in [-0.2, 0) is 16.4 Å². The number of nitrogens with zero attached hydrogens (tertiary/aromatic N) is 3. The Morgan fingerprint density at radius 1 is 1.09 bits per heavy atom. The quantitative estimate of drug-likeness (QED) is 0.452. The Balaban J connectivity index is 1.57. The molecule has 4 aromatic rings. The zero-order valence-electron chi connectivity index (χ0n) is 16.4. The van der Waals surface area contributed by atoms with Crippen molar-refractivity contribution in [2.24, 2.45) is 0 Å². The monoisotopic (exact) mass is 463 g/mol. The zero-order chi connectivity index (χ0) is 22.5. The predicted octanol–water partition coefficient (Wildman–Crippen LogP) is 4.13. The number of sulfonamides is 1. The highest BCUT2D eigenvalue weighted by Gasteiger charge is 2.31. The number of halogens is 1.